The molecule has 7 heteroatoms. The quantitative estimate of drug-likeness (QED) is 0.474. The molecule has 0 bridgehead atoms. The van der Waals surface area contributed by atoms with Crippen LogP contribution < -0.4 is 0 Å². The molecule has 4 nitrogen and oxygen atoms in total. The maximum Gasteiger partial charge on any atom is 0.283 e. The van der Waals surface area contributed by atoms with Crippen LogP contribution in [0.5, 0.6) is 0 Å². The summed E-state index contributed by atoms with van der Waals surface area (Å²) in [5.41, 5.74) is 2.79. The first-order valence-corrected chi connectivity index (χ1v) is 10.2. The van der Waals surface area contributed by atoms with Gasteiger partial charge in [-0.05, 0) is 42.3 Å². The minimum atomic E-state index is -4.29. The number of fused-ring (bicyclic) bond motifs is 1. The maximum absolute atomic E-state index is 13.6. The second-order valence-corrected chi connectivity index (χ2v) is 8.31. The molecule has 0 fully saturated rings. The van der Waals surface area contributed by atoms with Crippen LogP contribution in [0.3, 0.4) is 0 Å². The lowest BCUT2D eigenvalue weighted by atomic mass is 10.1. The standard InChI is InChI=1S/C22H16F2N2O2S/c1-15-6-2-3-7-16(15)10-11-21-20-8-4-5-9-22(20)26(25-21)29(27,28)19-13-17(23)12-18(24)14-19/h2-14H,1H3. The van der Waals surface area contributed by atoms with E-state index in [1.807, 2.05) is 37.3 Å². The molecule has 0 spiro atoms. The highest BCUT2D eigenvalue weighted by atomic mass is 32.2. The summed E-state index contributed by atoms with van der Waals surface area (Å²) >= 11 is 0. The van der Waals surface area contributed by atoms with Crippen molar-refractivity contribution in [3.05, 3.63) is 95.2 Å². The Labute approximate surface area is 166 Å². The molecule has 0 aliphatic heterocycles. The maximum atomic E-state index is 13.6. The van der Waals surface area contributed by atoms with E-state index in [1.165, 1.54) is 0 Å². The first-order valence-electron chi connectivity index (χ1n) is 8.79. The zero-order valence-corrected chi connectivity index (χ0v) is 16.2. The molecule has 0 saturated carbocycles. The molecule has 0 aliphatic rings. The number of aryl methyl sites for hydroxylation is 1. The number of hydrogen-bond donors (Lipinski definition) is 0. The van der Waals surface area contributed by atoms with Crippen molar-refractivity contribution >= 4 is 33.1 Å². The molecular formula is C22H16F2N2O2S. The minimum Gasteiger partial charge on any atom is -0.207 e. The molecule has 1 aromatic heterocycles. The van der Waals surface area contributed by atoms with Crippen molar-refractivity contribution in [2.75, 3.05) is 0 Å². The summed E-state index contributed by atoms with van der Waals surface area (Å²) in [5.74, 6) is -1.94. The zero-order valence-electron chi connectivity index (χ0n) is 15.4. The van der Waals surface area contributed by atoms with E-state index in [0.717, 1.165) is 27.3 Å². The largest absolute Gasteiger partial charge is 0.283 e. The van der Waals surface area contributed by atoms with Gasteiger partial charge in [-0.15, -0.1) is 0 Å². The van der Waals surface area contributed by atoms with Gasteiger partial charge in [-0.1, -0.05) is 48.5 Å². The molecule has 29 heavy (non-hydrogen) atoms. The van der Waals surface area contributed by atoms with Crippen molar-refractivity contribution < 1.29 is 17.2 Å². The van der Waals surface area contributed by atoms with E-state index in [1.54, 1.807) is 30.3 Å². The predicted molar refractivity (Wildman–Crippen MR) is 109 cm³/mol. The van der Waals surface area contributed by atoms with Gasteiger partial charge in [0.2, 0.25) is 0 Å². The zero-order chi connectivity index (χ0) is 20.6. The third kappa shape index (κ3) is 3.56. The number of aromatic nitrogens is 2. The van der Waals surface area contributed by atoms with E-state index in [-0.39, 0.29) is 0 Å². The molecule has 0 atom stereocenters. The normalized spacial score (nSPS) is 12.1. The predicted octanol–water partition coefficient (Wildman–Crippen LogP) is 5.03. The fourth-order valence-electron chi connectivity index (χ4n) is 3.09. The summed E-state index contributed by atoms with van der Waals surface area (Å²) in [4.78, 5) is -0.502. The van der Waals surface area contributed by atoms with Crippen LogP contribution in [0.4, 0.5) is 8.78 Å². The van der Waals surface area contributed by atoms with Gasteiger partial charge in [0.15, 0.2) is 0 Å². The monoisotopic (exact) mass is 410 g/mol. The van der Waals surface area contributed by atoms with Crippen molar-refractivity contribution in [2.45, 2.75) is 11.8 Å². The fraction of sp³-hybridized carbons (Fsp3) is 0.0455. The average molecular weight is 410 g/mol. The Morgan fingerprint density at radius 1 is 0.897 bits per heavy atom. The third-order valence-electron chi connectivity index (χ3n) is 4.56. The summed E-state index contributed by atoms with van der Waals surface area (Å²) in [6.07, 6.45) is 3.58. The topological polar surface area (TPSA) is 52.0 Å². The van der Waals surface area contributed by atoms with Crippen LogP contribution in [-0.2, 0) is 10.0 Å². The van der Waals surface area contributed by atoms with Crippen molar-refractivity contribution in [3.8, 4) is 0 Å². The second-order valence-electron chi connectivity index (χ2n) is 6.55. The summed E-state index contributed by atoms with van der Waals surface area (Å²) in [6.45, 7) is 1.97. The molecule has 3 aromatic carbocycles. The Hall–Kier alpha value is -3.32. The smallest absolute Gasteiger partial charge is 0.207 e. The summed E-state index contributed by atoms with van der Waals surface area (Å²) in [5, 5.41) is 4.85. The highest BCUT2D eigenvalue weighted by Gasteiger charge is 2.23. The number of benzene rings is 3. The minimum absolute atomic E-state index is 0.321. The molecule has 0 unspecified atom stereocenters. The van der Waals surface area contributed by atoms with Crippen LogP contribution in [-0.4, -0.2) is 17.6 Å². The Kier molecular flexibility index (Phi) is 4.76. The van der Waals surface area contributed by atoms with Gasteiger partial charge in [0, 0.05) is 11.5 Å². The first kappa shape index (κ1) is 19.0. The van der Waals surface area contributed by atoms with Crippen molar-refractivity contribution in [1.29, 1.82) is 0 Å². The average Bonchev–Trinajstić information content (AvgIpc) is 3.06. The van der Waals surface area contributed by atoms with Crippen LogP contribution in [0.15, 0.2) is 71.6 Å². The number of halogens is 2. The molecule has 146 valence electrons. The van der Waals surface area contributed by atoms with Gasteiger partial charge in [0.05, 0.1) is 16.1 Å². The van der Waals surface area contributed by atoms with Gasteiger partial charge in [0.25, 0.3) is 10.0 Å². The molecule has 1 heterocycles. The Bertz CT molecular complexity index is 1340. The lowest BCUT2D eigenvalue weighted by Gasteiger charge is -2.06. The Balaban J connectivity index is 1.88. The van der Waals surface area contributed by atoms with Crippen LogP contribution in [0.25, 0.3) is 23.1 Å². The van der Waals surface area contributed by atoms with E-state index in [2.05, 4.69) is 5.10 Å². The van der Waals surface area contributed by atoms with Crippen LogP contribution in [0, 0.1) is 18.6 Å². The number of nitrogens with zero attached hydrogens (tertiary/aromatic N) is 2. The van der Waals surface area contributed by atoms with Crippen molar-refractivity contribution in [3.63, 3.8) is 0 Å². The summed E-state index contributed by atoms with van der Waals surface area (Å²) in [6, 6.07) is 16.7. The van der Waals surface area contributed by atoms with Gasteiger partial charge < -0.3 is 0 Å². The number of rotatable bonds is 4. The Morgan fingerprint density at radius 3 is 2.28 bits per heavy atom. The number of hydrogen-bond acceptors (Lipinski definition) is 3. The van der Waals surface area contributed by atoms with E-state index in [4.69, 9.17) is 0 Å². The fourth-order valence-corrected chi connectivity index (χ4v) is 4.43. The van der Waals surface area contributed by atoms with Crippen LogP contribution >= 0.6 is 0 Å². The van der Waals surface area contributed by atoms with E-state index >= 15 is 0 Å². The SMILES string of the molecule is Cc1ccccc1C=Cc1nn(S(=O)(=O)c2cc(F)cc(F)c2)c2ccccc12. The molecule has 0 aliphatic carbocycles. The summed E-state index contributed by atoms with van der Waals surface area (Å²) in [7, 11) is -4.29. The lowest BCUT2D eigenvalue weighted by molar-refractivity contribution is 0.561. The Morgan fingerprint density at radius 2 is 1.55 bits per heavy atom. The second kappa shape index (κ2) is 7.25. The van der Waals surface area contributed by atoms with E-state index in [0.29, 0.717) is 22.7 Å². The van der Waals surface area contributed by atoms with Crippen molar-refractivity contribution in [2.24, 2.45) is 0 Å². The third-order valence-corrected chi connectivity index (χ3v) is 6.12. The lowest BCUT2D eigenvalue weighted by Crippen LogP contribution is -2.15. The first-order chi connectivity index (χ1) is 13.9. The molecule has 4 aromatic rings. The van der Waals surface area contributed by atoms with Gasteiger partial charge in [-0.3, -0.25) is 0 Å². The van der Waals surface area contributed by atoms with E-state index < -0.39 is 26.6 Å². The van der Waals surface area contributed by atoms with Gasteiger partial charge in [-0.25, -0.2) is 8.78 Å². The van der Waals surface area contributed by atoms with Gasteiger partial charge in [0.1, 0.15) is 11.6 Å². The van der Waals surface area contributed by atoms with Gasteiger partial charge in [-0.2, -0.15) is 17.6 Å². The van der Waals surface area contributed by atoms with Crippen LogP contribution in [0.2, 0.25) is 0 Å². The van der Waals surface area contributed by atoms with Gasteiger partial charge >= 0.3 is 0 Å². The highest BCUT2D eigenvalue weighted by molar-refractivity contribution is 7.90. The number of para-hydroxylation sites is 1. The van der Waals surface area contributed by atoms with E-state index in [9.17, 15) is 17.2 Å². The molecule has 0 amide bonds. The summed E-state index contributed by atoms with van der Waals surface area (Å²) < 4.78 is 54.1. The molecular weight excluding hydrogens is 394 g/mol. The molecule has 0 saturated heterocycles. The highest BCUT2D eigenvalue weighted by Crippen LogP contribution is 2.26. The molecule has 0 N–H and O–H groups in total. The molecule has 4 rings (SSSR count). The van der Waals surface area contributed by atoms with Crippen LogP contribution in [0.1, 0.15) is 16.8 Å². The van der Waals surface area contributed by atoms with Crippen molar-refractivity contribution in [1.82, 2.24) is 9.19 Å². The molecule has 0 radical (unpaired) electrons.